The van der Waals surface area contributed by atoms with Crippen LogP contribution < -0.4 is 5.32 Å². The summed E-state index contributed by atoms with van der Waals surface area (Å²) in [5, 5.41) is 3.97. The highest BCUT2D eigenvalue weighted by molar-refractivity contribution is 7.89. The van der Waals surface area contributed by atoms with Crippen LogP contribution in [0.25, 0.3) is 10.8 Å². The van der Waals surface area contributed by atoms with Crippen LogP contribution in [0.15, 0.2) is 35.2 Å². The molecule has 2 aromatic rings. The number of fused-ring (bicyclic) bond motifs is 4. The number of sulfonamides is 1. The van der Waals surface area contributed by atoms with Gasteiger partial charge in [0.25, 0.3) is 5.91 Å². The number of hydrogen-bond acceptors (Lipinski definition) is 4. The van der Waals surface area contributed by atoms with E-state index in [0.717, 1.165) is 12.8 Å². The highest BCUT2D eigenvalue weighted by Gasteiger charge is 2.43. The van der Waals surface area contributed by atoms with Crippen molar-refractivity contribution in [2.24, 2.45) is 5.92 Å². The van der Waals surface area contributed by atoms with Crippen molar-refractivity contribution in [3.05, 3.63) is 35.9 Å². The predicted molar refractivity (Wildman–Crippen MR) is 99.9 cm³/mol. The lowest BCUT2D eigenvalue weighted by atomic mass is 9.95. The van der Waals surface area contributed by atoms with Crippen molar-refractivity contribution in [1.29, 1.82) is 0 Å². The maximum atomic E-state index is 13.5. The number of benzene rings is 2. The van der Waals surface area contributed by atoms with Crippen LogP contribution >= 0.6 is 0 Å². The molecule has 0 aliphatic carbocycles. The zero-order valence-electron chi connectivity index (χ0n) is 14.8. The standard InChI is InChI=1S/C19H19N3O4S/c1-21-12-6-5-11(19(21)24)9-22(10-12)27(25,26)16-8-7-15-17-13(16)3-2-4-14(17)18(23)20-15/h2-4,7-8,11-12H,5-6,9-10H2,1H3,(H,20,23)/t11-,12+/m1/s1. The van der Waals surface area contributed by atoms with E-state index < -0.39 is 10.0 Å². The summed E-state index contributed by atoms with van der Waals surface area (Å²) in [6, 6.07) is 8.25. The SMILES string of the molecule is CN1C(=O)[C@@H]2CC[C@H]1CN(S(=O)(=O)c1ccc3c4c(cccc14)C(=O)N3)C2. The number of anilines is 1. The molecular weight excluding hydrogens is 366 g/mol. The Morgan fingerprint density at radius 3 is 2.70 bits per heavy atom. The first-order valence-electron chi connectivity index (χ1n) is 9.02. The average Bonchev–Trinajstić information content (AvgIpc) is 2.81. The van der Waals surface area contributed by atoms with E-state index >= 15 is 0 Å². The summed E-state index contributed by atoms with van der Waals surface area (Å²) in [7, 11) is -2.04. The van der Waals surface area contributed by atoms with Crippen LogP contribution in [-0.2, 0) is 14.8 Å². The number of amides is 2. The number of nitrogens with zero attached hydrogens (tertiary/aromatic N) is 2. The fourth-order valence-corrected chi connectivity index (χ4v) is 6.25. The third kappa shape index (κ3) is 2.26. The molecule has 0 spiro atoms. The molecule has 7 nitrogen and oxygen atoms in total. The molecule has 0 unspecified atom stereocenters. The fraction of sp³-hybridized carbons (Fsp3) is 0.368. The number of carbonyl (C=O) groups excluding carboxylic acids is 2. The van der Waals surface area contributed by atoms with Crippen LogP contribution in [0.1, 0.15) is 23.2 Å². The summed E-state index contributed by atoms with van der Waals surface area (Å²) in [6.45, 7) is 0.517. The number of piperidine rings is 1. The molecule has 1 N–H and O–H groups in total. The van der Waals surface area contributed by atoms with E-state index in [1.165, 1.54) is 4.31 Å². The molecule has 6 rings (SSSR count). The van der Waals surface area contributed by atoms with Gasteiger partial charge in [0.2, 0.25) is 15.9 Å². The Bertz CT molecular complexity index is 1110. The van der Waals surface area contributed by atoms with E-state index in [4.69, 9.17) is 0 Å². The van der Waals surface area contributed by atoms with E-state index in [1.54, 1.807) is 42.3 Å². The predicted octanol–water partition coefficient (Wildman–Crippen LogP) is 1.65. The van der Waals surface area contributed by atoms with Crippen molar-refractivity contribution in [3.8, 4) is 0 Å². The van der Waals surface area contributed by atoms with Crippen molar-refractivity contribution in [2.75, 3.05) is 25.5 Å². The van der Waals surface area contributed by atoms with Crippen molar-refractivity contribution in [3.63, 3.8) is 0 Å². The second kappa shape index (κ2) is 5.53. The zero-order chi connectivity index (χ0) is 18.9. The van der Waals surface area contributed by atoms with Crippen molar-refractivity contribution >= 4 is 38.3 Å². The molecule has 0 aromatic heterocycles. The molecule has 27 heavy (non-hydrogen) atoms. The van der Waals surface area contributed by atoms with Crippen LogP contribution in [0.2, 0.25) is 0 Å². The second-order valence-corrected chi connectivity index (χ2v) is 9.40. The Balaban J connectivity index is 1.64. The second-order valence-electron chi connectivity index (χ2n) is 7.49. The van der Waals surface area contributed by atoms with Crippen molar-refractivity contribution < 1.29 is 18.0 Å². The zero-order valence-corrected chi connectivity index (χ0v) is 15.6. The minimum absolute atomic E-state index is 0.0270. The van der Waals surface area contributed by atoms with Gasteiger partial charge in [0.15, 0.2) is 0 Å². The summed E-state index contributed by atoms with van der Waals surface area (Å²) in [4.78, 5) is 26.4. The summed E-state index contributed by atoms with van der Waals surface area (Å²) in [6.07, 6.45) is 1.54. The number of carbonyl (C=O) groups is 2. The first-order valence-corrected chi connectivity index (χ1v) is 10.5. The molecule has 2 amide bonds. The quantitative estimate of drug-likeness (QED) is 0.852. The number of rotatable bonds is 2. The number of likely N-dealkylation sites (N-methyl/N-ethyl adjacent to an activating group) is 1. The normalized spacial score (nSPS) is 25.1. The van der Waals surface area contributed by atoms with Crippen LogP contribution in [0.3, 0.4) is 0 Å². The molecule has 0 radical (unpaired) electrons. The average molecular weight is 385 g/mol. The van der Waals surface area contributed by atoms with Gasteiger partial charge in [0.1, 0.15) is 0 Å². The molecule has 4 heterocycles. The topological polar surface area (TPSA) is 86.8 Å². The molecular formula is C19H19N3O4S. The van der Waals surface area contributed by atoms with Gasteiger partial charge in [-0.3, -0.25) is 9.59 Å². The van der Waals surface area contributed by atoms with Crippen molar-refractivity contribution in [1.82, 2.24) is 9.21 Å². The van der Waals surface area contributed by atoms with Crippen LogP contribution in [0, 0.1) is 5.92 Å². The van der Waals surface area contributed by atoms with Crippen LogP contribution in [0.5, 0.6) is 0 Å². The maximum absolute atomic E-state index is 13.5. The molecule has 8 heteroatoms. The minimum atomic E-state index is -3.79. The van der Waals surface area contributed by atoms with Gasteiger partial charge in [-0.15, -0.1) is 0 Å². The Morgan fingerprint density at radius 2 is 1.89 bits per heavy atom. The molecule has 3 fully saturated rings. The molecule has 2 atom stereocenters. The summed E-state index contributed by atoms with van der Waals surface area (Å²) < 4.78 is 28.5. The lowest BCUT2D eigenvalue weighted by Crippen LogP contribution is -2.45. The molecule has 4 aliphatic heterocycles. The Labute approximate surface area is 157 Å². The first kappa shape index (κ1) is 16.7. The lowest BCUT2D eigenvalue weighted by Gasteiger charge is -2.32. The van der Waals surface area contributed by atoms with Gasteiger partial charge >= 0.3 is 0 Å². The molecule has 2 bridgehead atoms. The highest BCUT2D eigenvalue weighted by Crippen LogP contribution is 2.38. The van der Waals surface area contributed by atoms with E-state index in [9.17, 15) is 18.0 Å². The summed E-state index contributed by atoms with van der Waals surface area (Å²) in [5.41, 5.74) is 1.13. The largest absolute Gasteiger partial charge is 0.341 e. The smallest absolute Gasteiger partial charge is 0.256 e. The summed E-state index contributed by atoms with van der Waals surface area (Å²) >= 11 is 0. The van der Waals surface area contributed by atoms with Gasteiger partial charge in [-0.2, -0.15) is 4.31 Å². The van der Waals surface area contributed by atoms with Crippen molar-refractivity contribution in [2.45, 2.75) is 23.8 Å². The van der Waals surface area contributed by atoms with Gasteiger partial charge < -0.3 is 10.2 Å². The molecule has 2 aromatic carbocycles. The third-order valence-corrected chi connectivity index (χ3v) is 7.93. The van der Waals surface area contributed by atoms with Crippen LogP contribution in [0.4, 0.5) is 5.69 Å². The van der Waals surface area contributed by atoms with Crippen LogP contribution in [-0.4, -0.2) is 55.6 Å². The van der Waals surface area contributed by atoms with Gasteiger partial charge in [-0.1, -0.05) is 12.1 Å². The molecule has 0 saturated carbocycles. The van der Waals surface area contributed by atoms with Gasteiger partial charge in [0, 0.05) is 48.2 Å². The lowest BCUT2D eigenvalue weighted by molar-refractivity contribution is -0.138. The fourth-order valence-electron chi connectivity index (χ4n) is 4.54. The molecule has 140 valence electrons. The first-order chi connectivity index (χ1) is 12.9. The molecule has 4 aliphatic rings. The van der Waals surface area contributed by atoms with E-state index in [2.05, 4.69) is 5.32 Å². The highest BCUT2D eigenvalue weighted by atomic mass is 32.2. The third-order valence-electron chi connectivity index (χ3n) is 6.04. The summed E-state index contributed by atoms with van der Waals surface area (Å²) in [5.74, 6) is -0.479. The Hall–Kier alpha value is -2.45. The monoisotopic (exact) mass is 385 g/mol. The van der Waals surface area contributed by atoms with Gasteiger partial charge in [-0.25, -0.2) is 8.42 Å². The van der Waals surface area contributed by atoms with E-state index in [0.29, 0.717) is 28.6 Å². The van der Waals surface area contributed by atoms with Gasteiger partial charge in [-0.05, 0) is 31.0 Å². The minimum Gasteiger partial charge on any atom is -0.341 e. The maximum Gasteiger partial charge on any atom is 0.256 e. The van der Waals surface area contributed by atoms with Gasteiger partial charge in [0.05, 0.1) is 10.8 Å². The number of nitrogens with one attached hydrogen (secondary N) is 1. The Kier molecular flexibility index (Phi) is 3.42. The number of hydrogen-bond donors (Lipinski definition) is 1. The molecule has 3 saturated heterocycles. The van der Waals surface area contributed by atoms with E-state index in [1.807, 2.05) is 0 Å². The van der Waals surface area contributed by atoms with E-state index in [-0.39, 0.29) is 35.2 Å². The Morgan fingerprint density at radius 1 is 1.07 bits per heavy atom.